The van der Waals surface area contributed by atoms with Gasteiger partial charge in [-0.05, 0) is 66.8 Å². The highest BCUT2D eigenvalue weighted by Gasteiger charge is 2.41. The number of furan rings is 1. The zero-order valence-corrected chi connectivity index (χ0v) is 18.6. The van der Waals surface area contributed by atoms with E-state index in [1.54, 1.807) is 18.5 Å². The first-order valence-corrected chi connectivity index (χ1v) is 10.9. The molecule has 0 amide bonds. The fraction of sp³-hybridized carbons (Fsp3) is 0.130. The van der Waals surface area contributed by atoms with E-state index in [2.05, 4.69) is 25.8 Å². The van der Waals surface area contributed by atoms with Gasteiger partial charge in [0.15, 0.2) is 5.11 Å². The molecule has 1 aromatic carbocycles. The van der Waals surface area contributed by atoms with E-state index in [9.17, 15) is 0 Å². The summed E-state index contributed by atoms with van der Waals surface area (Å²) in [7, 11) is 0. The van der Waals surface area contributed by atoms with Gasteiger partial charge >= 0.3 is 0 Å². The smallest absolute Gasteiger partial charge is 0.170 e. The minimum Gasteiger partial charge on any atom is -0.467 e. The molecule has 3 aromatic heterocycles. The summed E-state index contributed by atoms with van der Waals surface area (Å²) in [6.45, 7) is 0.534. The second-order valence-corrected chi connectivity index (χ2v) is 8.46. The van der Waals surface area contributed by atoms with Crippen molar-refractivity contribution in [3.05, 3.63) is 107 Å². The Kier molecular flexibility index (Phi) is 5.44. The minimum absolute atomic E-state index is 0.130. The molecule has 1 fully saturated rings. The minimum atomic E-state index is -0.136. The first kappa shape index (κ1) is 20.1. The normalized spacial score (nSPS) is 18.4. The fourth-order valence-corrected chi connectivity index (χ4v) is 4.80. The lowest BCUT2D eigenvalue weighted by Crippen LogP contribution is -2.29. The standard InChI is InChI=1S/C23H18Cl2N4OS/c24-15-8-9-19(17(25)13-15)28-11-3-7-20(28)22-21(18-6-1-2-10-26-18)27-23(31)29(22)14-16-5-4-12-30-16/h1-13,21-22H,14H2,(H,27,31). The Balaban J connectivity index is 1.62. The van der Waals surface area contributed by atoms with Gasteiger partial charge in [0.1, 0.15) is 5.76 Å². The van der Waals surface area contributed by atoms with Gasteiger partial charge in [-0.2, -0.15) is 0 Å². The molecule has 0 saturated carbocycles. The average Bonchev–Trinajstić information content (AvgIpc) is 3.50. The van der Waals surface area contributed by atoms with Gasteiger partial charge < -0.3 is 19.2 Å². The average molecular weight is 469 g/mol. The first-order valence-electron chi connectivity index (χ1n) is 9.75. The predicted molar refractivity (Wildman–Crippen MR) is 125 cm³/mol. The Morgan fingerprint density at radius 3 is 2.71 bits per heavy atom. The molecule has 8 heteroatoms. The number of thiocarbonyl (C=S) groups is 1. The van der Waals surface area contributed by atoms with Crippen LogP contribution in [0, 0.1) is 0 Å². The maximum Gasteiger partial charge on any atom is 0.170 e. The fourth-order valence-electron chi connectivity index (χ4n) is 4.00. The monoisotopic (exact) mass is 468 g/mol. The Hall–Kier alpha value is -2.80. The van der Waals surface area contributed by atoms with Crippen LogP contribution < -0.4 is 5.32 Å². The van der Waals surface area contributed by atoms with Crippen LogP contribution in [0.5, 0.6) is 0 Å². The van der Waals surface area contributed by atoms with Gasteiger partial charge in [0.2, 0.25) is 0 Å². The van der Waals surface area contributed by atoms with Gasteiger partial charge in [-0.1, -0.05) is 29.3 Å². The summed E-state index contributed by atoms with van der Waals surface area (Å²) in [5.74, 6) is 0.832. The summed E-state index contributed by atoms with van der Waals surface area (Å²) in [5.41, 5.74) is 2.78. The lowest BCUT2D eigenvalue weighted by Gasteiger charge is -2.28. The largest absolute Gasteiger partial charge is 0.467 e. The highest BCUT2D eigenvalue weighted by molar-refractivity contribution is 7.80. The van der Waals surface area contributed by atoms with Crippen LogP contribution in [0.15, 0.2) is 83.7 Å². The van der Waals surface area contributed by atoms with Crippen LogP contribution in [0.2, 0.25) is 10.0 Å². The van der Waals surface area contributed by atoms with Crippen molar-refractivity contribution in [1.82, 2.24) is 19.8 Å². The van der Waals surface area contributed by atoms with E-state index >= 15 is 0 Å². The van der Waals surface area contributed by atoms with E-state index in [4.69, 9.17) is 39.8 Å². The third kappa shape index (κ3) is 3.83. The number of nitrogens with one attached hydrogen (secondary N) is 1. The quantitative estimate of drug-likeness (QED) is 0.367. The molecule has 156 valence electrons. The molecule has 0 spiro atoms. The van der Waals surface area contributed by atoms with Crippen LogP contribution in [0.3, 0.4) is 0 Å². The molecular formula is C23H18Cl2N4OS. The topological polar surface area (TPSA) is 46.2 Å². The number of halogens is 2. The predicted octanol–water partition coefficient (Wildman–Crippen LogP) is 5.94. The van der Waals surface area contributed by atoms with Crippen molar-refractivity contribution in [1.29, 1.82) is 0 Å². The second-order valence-electron chi connectivity index (χ2n) is 7.23. The van der Waals surface area contributed by atoms with E-state index in [-0.39, 0.29) is 12.1 Å². The summed E-state index contributed by atoms with van der Waals surface area (Å²) in [6, 6.07) is 19.0. The van der Waals surface area contributed by atoms with Crippen molar-refractivity contribution in [2.75, 3.05) is 0 Å². The van der Waals surface area contributed by atoms with Crippen LogP contribution >= 0.6 is 35.4 Å². The zero-order chi connectivity index (χ0) is 21.4. The van der Waals surface area contributed by atoms with Gasteiger partial charge in [0.25, 0.3) is 0 Å². The highest BCUT2D eigenvalue weighted by Crippen LogP contribution is 2.41. The molecule has 31 heavy (non-hydrogen) atoms. The van der Waals surface area contributed by atoms with Crippen LogP contribution in [0.1, 0.15) is 29.2 Å². The number of rotatable bonds is 5. The third-order valence-corrected chi connectivity index (χ3v) is 6.25. The number of pyridine rings is 1. The van der Waals surface area contributed by atoms with E-state index in [0.29, 0.717) is 21.7 Å². The molecule has 1 saturated heterocycles. The van der Waals surface area contributed by atoms with Gasteiger partial charge in [-0.25, -0.2) is 0 Å². The van der Waals surface area contributed by atoms with Crippen LogP contribution in [-0.2, 0) is 6.54 Å². The van der Waals surface area contributed by atoms with E-state index < -0.39 is 0 Å². The van der Waals surface area contributed by atoms with Gasteiger partial charge in [-0.15, -0.1) is 0 Å². The van der Waals surface area contributed by atoms with Gasteiger partial charge in [-0.3, -0.25) is 4.98 Å². The van der Waals surface area contributed by atoms with Gasteiger partial charge in [0, 0.05) is 23.1 Å². The molecule has 0 radical (unpaired) electrons. The van der Waals surface area contributed by atoms with Crippen LogP contribution in [-0.4, -0.2) is 19.6 Å². The molecule has 2 unspecified atom stereocenters. The highest BCUT2D eigenvalue weighted by atomic mass is 35.5. The Morgan fingerprint density at radius 2 is 1.97 bits per heavy atom. The molecule has 0 bridgehead atoms. The number of benzene rings is 1. The summed E-state index contributed by atoms with van der Waals surface area (Å²) in [5, 5.41) is 5.27. The first-order chi connectivity index (χ1) is 15.1. The lowest BCUT2D eigenvalue weighted by atomic mass is 10.0. The molecular weight excluding hydrogens is 451 g/mol. The third-order valence-electron chi connectivity index (χ3n) is 5.36. The maximum atomic E-state index is 6.55. The molecule has 1 aliphatic heterocycles. The van der Waals surface area contributed by atoms with Crippen molar-refractivity contribution < 1.29 is 4.42 Å². The molecule has 5 nitrogen and oxygen atoms in total. The molecule has 2 atom stereocenters. The van der Waals surface area contributed by atoms with E-state index in [0.717, 1.165) is 22.8 Å². The number of hydrogen-bond acceptors (Lipinski definition) is 3. The molecule has 4 aromatic rings. The Labute approximate surface area is 195 Å². The molecule has 5 rings (SSSR count). The SMILES string of the molecule is S=C1NC(c2ccccn2)C(c2cccn2-c2ccc(Cl)cc2Cl)N1Cc1ccco1. The summed E-state index contributed by atoms with van der Waals surface area (Å²) >= 11 is 18.4. The Bertz CT molecular complexity index is 1210. The molecule has 1 aliphatic rings. The van der Waals surface area contributed by atoms with Crippen molar-refractivity contribution >= 4 is 40.5 Å². The second kappa shape index (κ2) is 8.38. The van der Waals surface area contributed by atoms with Crippen molar-refractivity contribution in [3.63, 3.8) is 0 Å². The molecule has 4 heterocycles. The maximum absolute atomic E-state index is 6.55. The van der Waals surface area contributed by atoms with Crippen molar-refractivity contribution in [2.24, 2.45) is 0 Å². The summed E-state index contributed by atoms with van der Waals surface area (Å²) in [6.07, 6.45) is 5.46. The summed E-state index contributed by atoms with van der Waals surface area (Å²) < 4.78 is 7.68. The van der Waals surface area contributed by atoms with Crippen molar-refractivity contribution in [3.8, 4) is 5.69 Å². The number of hydrogen-bond donors (Lipinski definition) is 1. The molecule has 0 aliphatic carbocycles. The van der Waals surface area contributed by atoms with Crippen LogP contribution in [0.25, 0.3) is 5.69 Å². The van der Waals surface area contributed by atoms with Crippen LogP contribution in [0.4, 0.5) is 0 Å². The Morgan fingerprint density at radius 1 is 1.06 bits per heavy atom. The van der Waals surface area contributed by atoms with E-state index in [1.165, 1.54) is 0 Å². The molecule has 1 N–H and O–H groups in total. The van der Waals surface area contributed by atoms with Crippen molar-refractivity contribution in [2.45, 2.75) is 18.6 Å². The zero-order valence-electron chi connectivity index (χ0n) is 16.3. The number of aromatic nitrogens is 2. The lowest BCUT2D eigenvalue weighted by molar-refractivity contribution is 0.280. The summed E-state index contributed by atoms with van der Waals surface area (Å²) in [4.78, 5) is 6.72. The number of nitrogens with zero attached hydrogens (tertiary/aromatic N) is 3. The van der Waals surface area contributed by atoms with E-state index in [1.807, 2.05) is 54.7 Å². The van der Waals surface area contributed by atoms with Gasteiger partial charge in [0.05, 0.1) is 41.3 Å².